The standard InChI is InChI=1S/C12H8Cl2N2O/c13-9-7-3-1-5-15-11(7)12-8(10(9)14)4-2-6-16(12)17/h1-6,9-10H/t9-,10-/m1/s1. The number of nitrogens with zero attached hydrogens (tertiary/aromatic N) is 2. The Morgan fingerprint density at radius 2 is 1.82 bits per heavy atom. The van der Waals surface area contributed by atoms with E-state index in [4.69, 9.17) is 23.2 Å². The minimum Gasteiger partial charge on any atom is -0.618 e. The Balaban J connectivity index is 2.37. The smallest absolute Gasteiger partial charge is 0.247 e. The highest BCUT2D eigenvalue weighted by Crippen LogP contribution is 2.48. The molecule has 3 nitrogen and oxygen atoms in total. The van der Waals surface area contributed by atoms with Gasteiger partial charge in [0.05, 0.1) is 10.8 Å². The molecule has 0 aliphatic heterocycles. The highest BCUT2D eigenvalue weighted by molar-refractivity contribution is 6.31. The summed E-state index contributed by atoms with van der Waals surface area (Å²) >= 11 is 12.6. The zero-order chi connectivity index (χ0) is 12.0. The predicted octanol–water partition coefficient (Wildman–Crippen LogP) is 2.96. The molecule has 0 saturated heterocycles. The lowest BCUT2D eigenvalue weighted by atomic mass is 9.92. The summed E-state index contributed by atoms with van der Waals surface area (Å²) < 4.78 is 0.791. The first-order valence-corrected chi connectivity index (χ1v) is 6.03. The summed E-state index contributed by atoms with van der Waals surface area (Å²) in [7, 11) is 0. The zero-order valence-electron chi connectivity index (χ0n) is 8.68. The van der Waals surface area contributed by atoms with Crippen LogP contribution in [0, 0.1) is 5.21 Å². The normalized spacial score (nSPS) is 21.8. The van der Waals surface area contributed by atoms with Crippen molar-refractivity contribution >= 4 is 23.2 Å². The quantitative estimate of drug-likeness (QED) is 0.418. The van der Waals surface area contributed by atoms with E-state index in [-0.39, 0.29) is 5.38 Å². The van der Waals surface area contributed by atoms with Crippen molar-refractivity contribution in [2.24, 2.45) is 0 Å². The van der Waals surface area contributed by atoms with Crippen molar-refractivity contribution < 1.29 is 4.73 Å². The van der Waals surface area contributed by atoms with Crippen LogP contribution in [0.15, 0.2) is 36.7 Å². The first kappa shape index (κ1) is 10.8. The maximum Gasteiger partial charge on any atom is 0.247 e. The summed E-state index contributed by atoms with van der Waals surface area (Å²) in [6.45, 7) is 0. The third-order valence-electron chi connectivity index (χ3n) is 2.91. The summed E-state index contributed by atoms with van der Waals surface area (Å²) in [5.74, 6) is 0. The first-order chi connectivity index (χ1) is 8.20. The van der Waals surface area contributed by atoms with Gasteiger partial charge in [0.2, 0.25) is 5.69 Å². The number of aromatic nitrogens is 2. The zero-order valence-corrected chi connectivity index (χ0v) is 10.2. The number of hydrogen-bond donors (Lipinski definition) is 0. The van der Waals surface area contributed by atoms with Gasteiger partial charge in [-0.05, 0) is 12.1 Å². The summed E-state index contributed by atoms with van der Waals surface area (Å²) in [6, 6.07) is 7.12. The minimum atomic E-state index is -0.412. The van der Waals surface area contributed by atoms with Crippen LogP contribution in [0.2, 0.25) is 0 Å². The number of hydrogen-bond acceptors (Lipinski definition) is 2. The fourth-order valence-electron chi connectivity index (χ4n) is 2.12. The summed E-state index contributed by atoms with van der Waals surface area (Å²) in [5, 5.41) is 11.1. The number of alkyl halides is 2. The van der Waals surface area contributed by atoms with Gasteiger partial charge in [0, 0.05) is 23.4 Å². The molecule has 17 heavy (non-hydrogen) atoms. The Hall–Kier alpha value is -1.32. The second-order valence-corrected chi connectivity index (χ2v) is 4.82. The maximum atomic E-state index is 11.9. The van der Waals surface area contributed by atoms with E-state index in [9.17, 15) is 5.21 Å². The molecule has 0 fully saturated rings. The van der Waals surface area contributed by atoms with Gasteiger partial charge in [-0.1, -0.05) is 6.07 Å². The number of fused-ring (bicyclic) bond motifs is 3. The topological polar surface area (TPSA) is 39.8 Å². The molecule has 86 valence electrons. The van der Waals surface area contributed by atoms with Crippen LogP contribution < -0.4 is 4.73 Å². The van der Waals surface area contributed by atoms with Crippen molar-refractivity contribution in [3.8, 4) is 11.4 Å². The third kappa shape index (κ3) is 1.50. The van der Waals surface area contributed by atoms with E-state index in [1.54, 1.807) is 18.3 Å². The lowest BCUT2D eigenvalue weighted by Crippen LogP contribution is -2.33. The third-order valence-corrected chi connectivity index (χ3v) is 4.01. The van der Waals surface area contributed by atoms with Gasteiger partial charge in [-0.25, -0.2) is 4.98 Å². The Bertz CT molecular complexity index is 588. The second-order valence-electron chi connectivity index (χ2n) is 3.88. The van der Waals surface area contributed by atoms with Crippen LogP contribution in [0.5, 0.6) is 0 Å². The van der Waals surface area contributed by atoms with Crippen molar-refractivity contribution in [1.82, 2.24) is 4.98 Å². The lowest BCUT2D eigenvalue weighted by Gasteiger charge is -2.25. The van der Waals surface area contributed by atoms with Crippen LogP contribution in [0.1, 0.15) is 21.9 Å². The van der Waals surface area contributed by atoms with E-state index in [0.29, 0.717) is 11.4 Å². The number of pyridine rings is 2. The Labute approximate surface area is 108 Å². The van der Waals surface area contributed by atoms with E-state index in [1.165, 1.54) is 6.20 Å². The van der Waals surface area contributed by atoms with Crippen molar-refractivity contribution in [2.75, 3.05) is 0 Å². The van der Waals surface area contributed by atoms with Crippen LogP contribution in [-0.2, 0) is 0 Å². The van der Waals surface area contributed by atoms with Crippen LogP contribution in [0.25, 0.3) is 11.4 Å². The average Bonchev–Trinajstić information content (AvgIpc) is 2.36. The van der Waals surface area contributed by atoms with Gasteiger partial charge in [-0.3, -0.25) is 0 Å². The molecule has 0 aromatic carbocycles. The number of rotatable bonds is 0. The molecule has 0 radical (unpaired) electrons. The lowest BCUT2D eigenvalue weighted by molar-refractivity contribution is -0.594. The van der Waals surface area contributed by atoms with Gasteiger partial charge in [0.25, 0.3) is 0 Å². The van der Waals surface area contributed by atoms with Gasteiger partial charge < -0.3 is 5.21 Å². The van der Waals surface area contributed by atoms with E-state index in [0.717, 1.165) is 15.9 Å². The van der Waals surface area contributed by atoms with E-state index < -0.39 is 5.38 Å². The van der Waals surface area contributed by atoms with Crippen molar-refractivity contribution in [3.05, 3.63) is 53.0 Å². The molecule has 0 amide bonds. The molecule has 2 heterocycles. The Kier molecular flexibility index (Phi) is 2.45. The molecule has 1 aliphatic carbocycles. The molecule has 3 rings (SSSR count). The van der Waals surface area contributed by atoms with Crippen molar-refractivity contribution in [2.45, 2.75) is 10.8 Å². The molecule has 2 aromatic rings. The van der Waals surface area contributed by atoms with Crippen LogP contribution >= 0.6 is 23.2 Å². The largest absolute Gasteiger partial charge is 0.618 e. The summed E-state index contributed by atoms with van der Waals surface area (Å²) in [4.78, 5) is 4.24. The van der Waals surface area contributed by atoms with Crippen molar-refractivity contribution in [3.63, 3.8) is 0 Å². The molecule has 0 N–H and O–H groups in total. The molecule has 0 saturated carbocycles. The van der Waals surface area contributed by atoms with Crippen LogP contribution in [0.3, 0.4) is 0 Å². The molecule has 0 unspecified atom stereocenters. The van der Waals surface area contributed by atoms with E-state index >= 15 is 0 Å². The molecule has 2 aromatic heterocycles. The van der Waals surface area contributed by atoms with Gasteiger partial charge in [0.1, 0.15) is 5.69 Å². The van der Waals surface area contributed by atoms with Crippen LogP contribution in [0.4, 0.5) is 0 Å². The Morgan fingerprint density at radius 1 is 1.12 bits per heavy atom. The maximum absolute atomic E-state index is 11.9. The minimum absolute atomic E-state index is 0.365. The van der Waals surface area contributed by atoms with Gasteiger partial charge in [0.15, 0.2) is 6.20 Å². The molecule has 1 aliphatic rings. The second kappa shape index (κ2) is 3.86. The molecule has 5 heteroatoms. The van der Waals surface area contributed by atoms with Crippen LogP contribution in [-0.4, -0.2) is 4.98 Å². The van der Waals surface area contributed by atoms with Gasteiger partial charge in [-0.15, -0.1) is 23.2 Å². The SMILES string of the molecule is [O-][n+]1cccc2c1-c1ncccc1[C@@H](Cl)[C@@H]2Cl. The van der Waals surface area contributed by atoms with Gasteiger partial charge in [-0.2, -0.15) is 4.73 Å². The molecule has 0 spiro atoms. The predicted molar refractivity (Wildman–Crippen MR) is 65.8 cm³/mol. The molecular weight excluding hydrogens is 259 g/mol. The average molecular weight is 267 g/mol. The van der Waals surface area contributed by atoms with E-state index in [2.05, 4.69) is 4.98 Å². The summed E-state index contributed by atoms with van der Waals surface area (Å²) in [6.07, 6.45) is 3.09. The molecular formula is C12H8Cl2N2O. The van der Waals surface area contributed by atoms with E-state index in [1.807, 2.05) is 12.1 Å². The summed E-state index contributed by atoms with van der Waals surface area (Å²) in [5.41, 5.74) is 2.66. The fraction of sp³-hybridized carbons (Fsp3) is 0.167. The van der Waals surface area contributed by atoms with Gasteiger partial charge >= 0.3 is 0 Å². The first-order valence-electron chi connectivity index (χ1n) is 5.15. The molecule has 0 bridgehead atoms. The number of halogens is 2. The fourth-order valence-corrected chi connectivity index (χ4v) is 2.75. The molecule has 2 atom stereocenters. The van der Waals surface area contributed by atoms with Crippen molar-refractivity contribution in [1.29, 1.82) is 0 Å². The highest BCUT2D eigenvalue weighted by Gasteiger charge is 2.36. The monoisotopic (exact) mass is 266 g/mol. The Morgan fingerprint density at radius 3 is 2.65 bits per heavy atom. The highest BCUT2D eigenvalue weighted by atomic mass is 35.5.